The third-order valence-corrected chi connectivity index (χ3v) is 6.32. The molecule has 0 bridgehead atoms. The molecule has 3 heterocycles. The van der Waals surface area contributed by atoms with Gasteiger partial charge in [0.2, 0.25) is 0 Å². The number of aromatic nitrogens is 4. The molecule has 7 aromatic rings. The molecular formula is C34H24IrN4-2. The Bertz CT molecular complexity index is 1760. The Hall–Kier alpha value is -4.44. The van der Waals surface area contributed by atoms with Crippen molar-refractivity contribution >= 4 is 21.9 Å². The van der Waals surface area contributed by atoms with Gasteiger partial charge in [-0.1, -0.05) is 54.6 Å². The number of para-hydroxylation sites is 1. The van der Waals surface area contributed by atoms with Crippen molar-refractivity contribution in [2.75, 3.05) is 0 Å². The van der Waals surface area contributed by atoms with E-state index in [0.717, 1.165) is 56.0 Å². The van der Waals surface area contributed by atoms with E-state index >= 15 is 0 Å². The van der Waals surface area contributed by atoms with Crippen LogP contribution in [0.5, 0.6) is 0 Å². The van der Waals surface area contributed by atoms with Crippen molar-refractivity contribution in [2.45, 2.75) is 6.92 Å². The molecule has 7 rings (SSSR count). The first kappa shape index (κ1) is 26.2. The van der Waals surface area contributed by atoms with E-state index in [4.69, 9.17) is 9.97 Å². The van der Waals surface area contributed by atoms with Crippen LogP contribution in [0, 0.1) is 19.1 Å². The monoisotopic (exact) mass is 681 g/mol. The normalized spacial score (nSPS) is 10.5. The predicted molar refractivity (Wildman–Crippen MR) is 154 cm³/mol. The molecule has 0 spiro atoms. The molecule has 0 amide bonds. The van der Waals surface area contributed by atoms with Crippen LogP contribution in [0.2, 0.25) is 0 Å². The molecule has 4 aromatic carbocycles. The third-order valence-electron chi connectivity index (χ3n) is 6.32. The average Bonchev–Trinajstić information content (AvgIpc) is 3.39. The first-order chi connectivity index (χ1) is 18.8. The van der Waals surface area contributed by atoms with Gasteiger partial charge >= 0.3 is 0 Å². The van der Waals surface area contributed by atoms with E-state index in [1.807, 2.05) is 91.9 Å². The predicted octanol–water partition coefficient (Wildman–Crippen LogP) is 7.90. The van der Waals surface area contributed by atoms with E-state index in [1.165, 1.54) is 0 Å². The van der Waals surface area contributed by atoms with Crippen LogP contribution in [0.25, 0.3) is 50.3 Å². The maximum absolute atomic E-state index is 4.89. The maximum atomic E-state index is 4.89. The van der Waals surface area contributed by atoms with Gasteiger partial charge in [0, 0.05) is 48.5 Å². The molecule has 0 N–H and O–H groups in total. The first-order valence-electron chi connectivity index (χ1n) is 12.5. The number of rotatable bonds is 3. The van der Waals surface area contributed by atoms with Gasteiger partial charge in [0.15, 0.2) is 5.65 Å². The van der Waals surface area contributed by atoms with Crippen LogP contribution in [0.4, 0.5) is 0 Å². The van der Waals surface area contributed by atoms with Crippen LogP contribution in [-0.4, -0.2) is 19.5 Å². The van der Waals surface area contributed by atoms with Gasteiger partial charge in [0.25, 0.3) is 0 Å². The Morgan fingerprint density at radius 1 is 0.615 bits per heavy atom. The summed E-state index contributed by atoms with van der Waals surface area (Å²) in [6.45, 7) is 2.04. The summed E-state index contributed by atoms with van der Waals surface area (Å²) >= 11 is 0. The molecule has 5 heteroatoms. The number of imidazole rings is 1. The van der Waals surface area contributed by atoms with E-state index in [-0.39, 0.29) is 20.1 Å². The number of hydrogen-bond donors (Lipinski definition) is 0. The number of hydrogen-bond acceptors (Lipinski definition) is 3. The van der Waals surface area contributed by atoms with Gasteiger partial charge < -0.3 is 9.55 Å². The molecule has 0 fully saturated rings. The Labute approximate surface area is 241 Å². The minimum atomic E-state index is 0. The molecule has 0 aliphatic carbocycles. The van der Waals surface area contributed by atoms with Gasteiger partial charge in [-0.05, 0) is 30.8 Å². The zero-order valence-corrected chi connectivity index (χ0v) is 23.6. The quantitative estimate of drug-likeness (QED) is 0.178. The van der Waals surface area contributed by atoms with Crippen LogP contribution in [0.1, 0.15) is 5.69 Å². The summed E-state index contributed by atoms with van der Waals surface area (Å²) in [6.07, 6.45) is 1.79. The van der Waals surface area contributed by atoms with E-state index < -0.39 is 0 Å². The summed E-state index contributed by atoms with van der Waals surface area (Å²) in [7, 11) is 0. The minimum Gasteiger partial charge on any atom is -0.331 e. The van der Waals surface area contributed by atoms with Crippen molar-refractivity contribution in [3.8, 4) is 28.3 Å². The van der Waals surface area contributed by atoms with Gasteiger partial charge in [0.1, 0.15) is 0 Å². The number of fused-ring (bicyclic) bond motifs is 3. The fourth-order valence-corrected chi connectivity index (χ4v) is 4.57. The molecule has 0 unspecified atom stereocenters. The molecule has 4 nitrogen and oxygen atoms in total. The zero-order valence-electron chi connectivity index (χ0n) is 21.2. The van der Waals surface area contributed by atoms with Crippen molar-refractivity contribution in [3.63, 3.8) is 0 Å². The van der Waals surface area contributed by atoms with Crippen molar-refractivity contribution in [3.05, 3.63) is 145 Å². The van der Waals surface area contributed by atoms with Crippen LogP contribution in [0.15, 0.2) is 128 Å². The molecule has 0 aliphatic heterocycles. The summed E-state index contributed by atoms with van der Waals surface area (Å²) < 4.78 is 2.19. The first-order valence-corrected chi connectivity index (χ1v) is 12.5. The second kappa shape index (κ2) is 12.0. The van der Waals surface area contributed by atoms with Gasteiger partial charge in [-0.2, -0.15) is 0 Å². The fourth-order valence-electron chi connectivity index (χ4n) is 4.57. The molecule has 0 saturated carbocycles. The number of benzene rings is 4. The molecule has 3 aromatic heterocycles. The Morgan fingerprint density at radius 3 is 1.92 bits per heavy atom. The van der Waals surface area contributed by atoms with Crippen LogP contribution in [0.3, 0.4) is 0 Å². The van der Waals surface area contributed by atoms with E-state index in [1.54, 1.807) is 6.20 Å². The van der Waals surface area contributed by atoms with Crippen LogP contribution in [-0.2, 0) is 20.1 Å². The number of pyridine rings is 2. The standard InChI is InChI=1S/C23H16N3.C11H8N.Ir/c1-16-19-14-8-9-15-20(19)21-22(24-16)25-23(17-10-4-2-5-11-17)26(21)18-12-6-3-7-13-18;1-2-6-10(7-3-1)11-8-4-5-9-12-11;/h2-10,12-15H,1H3;1-6,8-9H;/q2*-1;. The SMILES string of the molecule is Cc1nc2nc(-c3[c-]cccc3)n(-c3ccccc3)c2c2ccccc12.[Ir].[c-]1ccccc1-c1ccccn1. The summed E-state index contributed by atoms with van der Waals surface area (Å²) in [4.78, 5) is 13.9. The van der Waals surface area contributed by atoms with Gasteiger partial charge in [-0.15, -0.1) is 71.8 Å². The van der Waals surface area contributed by atoms with Crippen molar-refractivity contribution in [1.82, 2.24) is 19.5 Å². The summed E-state index contributed by atoms with van der Waals surface area (Å²) in [5, 5.41) is 2.31. The van der Waals surface area contributed by atoms with E-state index in [9.17, 15) is 0 Å². The molecule has 1 radical (unpaired) electrons. The Morgan fingerprint density at radius 2 is 1.26 bits per heavy atom. The molecule has 39 heavy (non-hydrogen) atoms. The molecule has 0 saturated heterocycles. The van der Waals surface area contributed by atoms with Gasteiger partial charge in [-0.25, -0.2) is 4.98 Å². The summed E-state index contributed by atoms with van der Waals surface area (Å²) in [6, 6.07) is 46.8. The molecule has 0 atom stereocenters. The zero-order chi connectivity index (χ0) is 25.7. The average molecular weight is 681 g/mol. The van der Waals surface area contributed by atoms with Gasteiger partial charge in [-0.3, -0.25) is 4.98 Å². The summed E-state index contributed by atoms with van der Waals surface area (Å²) in [5.41, 5.74) is 6.82. The summed E-state index contributed by atoms with van der Waals surface area (Å²) in [5.74, 6) is 0.857. The van der Waals surface area contributed by atoms with Crippen LogP contribution < -0.4 is 0 Å². The Balaban J connectivity index is 0.000000200. The minimum absolute atomic E-state index is 0. The topological polar surface area (TPSA) is 43.6 Å². The van der Waals surface area contributed by atoms with Crippen molar-refractivity contribution < 1.29 is 20.1 Å². The molecule has 191 valence electrons. The van der Waals surface area contributed by atoms with E-state index in [2.05, 4.69) is 58.1 Å². The molecule has 0 aliphatic rings. The second-order valence-corrected chi connectivity index (χ2v) is 8.79. The molecular weight excluding hydrogens is 657 g/mol. The maximum Gasteiger partial charge on any atom is 0.169 e. The largest absolute Gasteiger partial charge is 0.331 e. The van der Waals surface area contributed by atoms with Gasteiger partial charge in [0.05, 0.1) is 11.3 Å². The smallest absolute Gasteiger partial charge is 0.169 e. The van der Waals surface area contributed by atoms with E-state index in [0.29, 0.717) is 0 Å². The van der Waals surface area contributed by atoms with Crippen LogP contribution >= 0.6 is 0 Å². The fraction of sp³-hybridized carbons (Fsp3) is 0.0294. The second-order valence-electron chi connectivity index (χ2n) is 8.79. The Kier molecular flexibility index (Phi) is 8.02. The van der Waals surface area contributed by atoms with Crippen molar-refractivity contribution in [1.29, 1.82) is 0 Å². The number of nitrogens with zero attached hydrogens (tertiary/aromatic N) is 4. The third kappa shape index (κ3) is 5.42. The van der Waals surface area contributed by atoms with Crippen molar-refractivity contribution in [2.24, 2.45) is 0 Å². The number of aryl methyl sites for hydroxylation is 1.